The molecule has 0 aliphatic heterocycles. The summed E-state index contributed by atoms with van der Waals surface area (Å²) < 4.78 is 5.11. The van der Waals surface area contributed by atoms with Crippen LogP contribution >= 0.6 is 11.3 Å². The van der Waals surface area contributed by atoms with Crippen LogP contribution in [0.25, 0.3) is 86.9 Å². The van der Waals surface area contributed by atoms with Gasteiger partial charge < -0.3 is 4.57 Å². The molecule has 5 heteroatoms. The van der Waals surface area contributed by atoms with E-state index < -0.39 is 0 Å². The van der Waals surface area contributed by atoms with Gasteiger partial charge in [-0.05, 0) is 59.9 Å². The summed E-state index contributed by atoms with van der Waals surface area (Å²) in [6.45, 7) is 0. The van der Waals surface area contributed by atoms with E-state index in [1.165, 1.54) is 47.5 Å². The fourth-order valence-electron chi connectivity index (χ4n) is 9.50. The molecule has 0 spiro atoms. The average Bonchev–Trinajstić information content (AvgIpc) is 3.90. The molecule has 4 nitrogen and oxygen atoms in total. The van der Waals surface area contributed by atoms with Crippen molar-refractivity contribution in [1.29, 1.82) is 0 Å². The first-order chi connectivity index (χ1) is 30.7. The zero-order chi connectivity index (χ0) is 41.0. The third kappa shape index (κ3) is 6.24. The third-order valence-electron chi connectivity index (χ3n) is 12.5. The summed E-state index contributed by atoms with van der Waals surface area (Å²) in [4.78, 5) is 15.9. The van der Waals surface area contributed by atoms with Gasteiger partial charge in [-0.25, -0.2) is 15.0 Å². The predicted octanol–water partition coefficient (Wildman–Crippen LogP) is 15.1. The van der Waals surface area contributed by atoms with Crippen molar-refractivity contribution < 1.29 is 0 Å². The van der Waals surface area contributed by atoms with Gasteiger partial charge in [0.15, 0.2) is 11.6 Å². The molecular weight excluding hydrogens is 773 g/mol. The number of hydrogen-bond donors (Lipinski definition) is 0. The van der Waals surface area contributed by atoms with Gasteiger partial charge >= 0.3 is 0 Å². The number of para-hydroxylation sites is 1. The quantitative estimate of drug-likeness (QED) is 0.161. The molecule has 294 valence electrons. The van der Waals surface area contributed by atoms with Crippen LogP contribution in [0.3, 0.4) is 0 Å². The van der Waals surface area contributed by atoms with Crippen LogP contribution in [0.5, 0.6) is 0 Å². The maximum Gasteiger partial charge on any atom is 0.163 e. The SMILES string of the molecule is C1=CC[C@H](c2nc(C3=CCC(c4ccccc4)C=C3)nc(-c3cc(-c4ccccc4)c(-n4c5ccccc5c5ccc6sc7ccccc7c6c54)c(-c4ccccc4)c3)n2)C=C1. The number of nitrogens with zero attached hydrogens (tertiary/aromatic N) is 4. The Labute approximate surface area is 364 Å². The number of allylic oxidation sites excluding steroid dienone is 8. The summed E-state index contributed by atoms with van der Waals surface area (Å²) in [5, 5.41) is 5.03. The lowest BCUT2D eigenvalue weighted by Crippen LogP contribution is -2.10. The van der Waals surface area contributed by atoms with Crippen molar-refractivity contribution in [3.05, 3.63) is 224 Å². The Morgan fingerprint density at radius 1 is 0.516 bits per heavy atom. The fourth-order valence-corrected chi connectivity index (χ4v) is 10.6. The van der Waals surface area contributed by atoms with Gasteiger partial charge in [0.05, 0.1) is 16.7 Å². The molecule has 0 saturated heterocycles. The van der Waals surface area contributed by atoms with Gasteiger partial charge in [-0.15, -0.1) is 11.3 Å². The molecule has 0 fully saturated rings. The van der Waals surface area contributed by atoms with Crippen molar-refractivity contribution in [2.24, 2.45) is 0 Å². The Balaban J connectivity index is 1.14. The minimum atomic E-state index is 0.0487. The van der Waals surface area contributed by atoms with E-state index in [2.05, 4.69) is 211 Å². The zero-order valence-electron chi connectivity index (χ0n) is 33.9. The first-order valence-electron chi connectivity index (χ1n) is 21.4. The van der Waals surface area contributed by atoms with Crippen LogP contribution in [0, 0.1) is 0 Å². The van der Waals surface area contributed by atoms with Crippen LogP contribution in [0.15, 0.2) is 206 Å². The van der Waals surface area contributed by atoms with Gasteiger partial charge in [0.2, 0.25) is 0 Å². The van der Waals surface area contributed by atoms with Crippen LogP contribution in [0.4, 0.5) is 0 Å². The van der Waals surface area contributed by atoms with E-state index in [4.69, 9.17) is 15.0 Å². The van der Waals surface area contributed by atoms with Crippen LogP contribution in [-0.4, -0.2) is 19.5 Å². The van der Waals surface area contributed by atoms with E-state index in [0.29, 0.717) is 17.6 Å². The number of thiophene rings is 1. The van der Waals surface area contributed by atoms with Crippen LogP contribution < -0.4 is 0 Å². The van der Waals surface area contributed by atoms with Gasteiger partial charge in [0.1, 0.15) is 5.82 Å². The number of benzene rings is 7. The summed E-state index contributed by atoms with van der Waals surface area (Å²) in [5.41, 5.74) is 11.2. The largest absolute Gasteiger partial charge is 0.307 e. The Bertz CT molecular complexity index is 3400. The predicted molar refractivity (Wildman–Crippen MR) is 260 cm³/mol. The molecule has 2 aliphatic rings. The van der Waals surface area contributed by atoms with Gasteiger partial charge in [0, 0.05) is 65.0 Å². The number of rotatable bonds is 7. The lowest BCUT2D eigenvalue weighted by molar-refractivity contribution is 0.756. The van der Waals surface area contributed by atoms with E-state index in [-0.39, 0.29) is 5.92 Å². The lowest BCUT2D eigenvalue weighted by atomic mass is 9.90. The van der Waals surface area contributed by atoms with Crippen molar-refractivity contribution in [3.8, 4) is 39.3 Å². The normalized spacial score (nSPS) is 16.2. The van der Waals surface area contributed by atoms with Gasteiger partial charge in [-0.3, -0.25) is 0 Å². The van der Waals surface area contributed by atoms with Crippen molar-refractivity contribution >= 4 is 58.9 Å². The maximum absolute atomic E-state index is 5.36. The highest BCUT2D eigenvalue weighted by Crippen LogP contribution is 2.47. The molecule has 0 N–H and O–H groups in total. The molecule has 7 aromatic carbocycles. The average molecular weight is 813 g/mol. The molecule has 12 rings (SSSR count). The Morgan fingerprint density at radius 2 is 1.19 bits per heavy atom. The molecule has 0 saturated carbocycles. The highest BCUT2D eigenvalue weighted by molar-refractivity contribution is 7.26. The minimum Gasteiger partial charge on any atom is -0.307 e. The molecule has 62 heavy (non-hydrogen) atoms. The standard InChI is InChI=1S/C57H40N4S/c1-5-17-37(18-6-1)38-29-31-42(32-30-38)56-58-55(41-23-11-4-12-24-41)59-57(60-56)43-35-47(39-19-7-2-8-20-39)53(48(36-43)40-21-9-3-10-22-40)61-49-27-15-13-25-44(49)45-33-34-51-52(54(45)61)46-26-14-16-28-50(46)62-51/h1-23,25-29,31-36,38,41H,24,30H2/t38?,41-/m1/s1. The number of aromatic nitrogens is 4. The van der Waals surface area contributed by atoms with Crippen molar-refractivity contribution in [1.82, 2.24) is 19.5 Å². The first kappa shape index (κ1) is 36.4. The first-order valence-corrected chi connectivity index (χ1v) is 22.2. The Morgan fingerprint density at radius 3 is 1.90 bits per heavy atom. The second-order valence-electron chi connectivity index (χ2n) is 16.2. The number of hydrogen-bond acceptors (Lipinski definition) is 4. The summed E-state index contributed by atoms with van der Waals surface area (Å²) in [5.74, 6) is 2.52. The second-order valence-corrected chi connectivity index (χ2v) is 17.3. The van der Waals surface area contributed by atoms with Crippen molar-refractivity contribution in [3.63, 3.8) is 0 Å². The van der Waals surface area contributed by atoms with Gasteiger partial charge in [-0.1, -0.05) is 176 Å². The van der Waals surface area contributed by atoms with E-state index in [0.717, 1.165) is 57.7 Å². The highest BCUT2D eigenvalue weighted by Gasteiger charge is 2.26. The smallest absolute Gasteiger partial charge is 0.163 e. The van der Waals surface area contributed by atoms with Crippen molar-refractivity contribution in [2.45, 2.75) is 24.7 Å². The summed E-state index contributed by atoms with van der Waals surface area (Å²) in [7, 11) is 0. The topological polar surface area (TPSA) is 43.6 Å². The molecular formula is C57H40N4S. The number of fused-ring (bicyclic) bond motifs is 7. The Kier molecular flexibility index (Phi) is 8.93. The minimum absolute atomic E-state index is 0.0487. The molecule has 2 atom stereocenters. The molecule has 3 heterocycles. The summed E-state index contributed by atoms with van der Waals surface area (Å²) >= 11 is 1.86. The molecule has 1 unspecified atom stereocenters. The summed E-state index contributed by atoms with van der Waals surface area (Å²) in [6, 6.07) is 59.3. The van der Waals surface area contributed by atoms with Gasteiger partial charge in [0.25, 0.3) is 0 Å². The molecule has 0 radical (unpaired) electrons. The molecule has 10 aromatic rings. The third-order valence-corrected chi connectivity index (χ3v) is 13.6. The Hall–Kier alpha value is -7.47. The van der Waals surface area contributed by atoms with E-state index >= 15 is 0 Å². The van der Waals surface area contributed by atoms with E-state index in [1.807, 2.05) is 11.3 Å². The zero-order valence-corrected chi connectivity index (χ0v) is 34.7. The molecule has 3 aromatic heterocycles. The van der Waals surface area contributed by atoms with Crippen LogP contribution in [0.1, 0.15) is 41.9 Å². The summed E-state index contributed by atoms with van der Waals surface area (Å²) in [6.07, 6.45) is 17.1. The van der Waals surface area contributed by atoms with E-state index in [9.17, 15) is 0 Å². The van der Waals surface area contributed by atoms with Crippen LogP contribution in [0.2, 0.25) is 0 Å². The monoisotopic (exact) mass is 812 g/mol. The fraction of sp³-hybridized carbons (Fsp3) is 0.0702. The van der Waals surface area contributed by atoms with Gasteiger partial charge in [-0.2, -0.15) is 0 Å². The highest BCUT2D eigenvalue weighted by atomic mass is 32.1. The lowest BCUT2D eigenvalue weighted by Gasteiger charge is -2.22. The van der Waals surface area contributed by atoms with E-state index in [1.54, 1.807) is 0 Å². The van der Waals surface area contributed by atoms with Crippen molar-refractivity contribution in [2.75, 3.05) is 0 Å². The molecule has 0 bridgehead atoms. The molecule has 0 amide bonds. The maximum atomic E-state index is 5.36. The second kappa shape index (κ2) is 15.2. The molecule has 2 aliphatic carbocycles. The van der Waals surface area contributed by atoms with Crippen LogP contribution in [-0.2, 0) is 0 Å².